The first-order valence-electron chi connectivity index (χ1n) is 12.6. The molecule has 2 atom stereocenters. The average molecular weight is 477 g/mol. The number of alkyl carbamates (subject to hydrolysis) is 1. The maximum Gasteiger partial charge on any atom is 0.407 e. The van der Waals surface area contributed by atoms with Crippen molar-refractivity contribution in [3.8, 4) is 11.1 Å². The fourth-order valence-corrected chi connectivity index (χ4v) is 6.01. The summed E-state index contributed by atoms with van der Waals surface area (Å²) >= 11 is 0. The lowest BCUT2D eigenvalue weighted by Gasteiger charge is -2.35. The lowest BCUT2D eigenvalue weighted by atomic mass is 9.78. The first-order chi connectivity index (χ1) is 17.0. The molecule has 7 nitrogen and oxygen atoms in total. The van der Waals surface area contributed by atoms with Gasteiger partial charge in [0.2, 0.25) is 5.91 Å². The molecule has 3 aliphatic carbocycles. The molecule has 2 aromatic rings. The second-order valence-electron chi connectivity index (χ2n) is 10.2. The number of carbonyl (C=O) groups is 3. The molecule has 3 N–H and O–H groups in total. The minimum Gasteiger partial charge on any atom is -0.481 e. The summed E-state index contributed by atoms with van der Waals surface area (Å²) in [5.41, 5.74) is 4.78. The molecule has 0 unspecified atom stereocenters. The molecule has 7 heteroatoms. The van der Waals surface area contributed by atoms with Gasteiger partial charge in [0.25, 0.3) is 0 Å². The number of hydrogen-bond donors (Lipinski definition) is 3. The van der Waals surface area contributed by atoms with E-state index in [0.717, 1.165) is 32.1 Å². The Hall–Kier alpha value is -3.35. The third-order valence-corrected chi connectivity index (χ3v) is 7.75. The molecule has 0 aliphatic heterocycles. The van der Waals surface area contributed by atoms with E-state index in [9.17, 15) is 14.4 Å². The number of amides is 2. The van der Waals surface area contributed by atoms with Crippen molar-refractivity contribution in [2.75, 3.05) is 6.61 Å². The van der Waals surface area contributed by atoms with Crippen molar-refractivity contribution >= 4 is 18.0 Å². The Kier molecular flexibility index (Phi) is 6.75. The first-order valence-corrected chi connectivity index (χ1v) is 12.6. The molecule has 2 saturated carbocycles. The van der Waals surface area contributed by atoms with Gasteiger partial charge in [-0.3, -0.25) is 9.59 Å². The van der Waals surface area contributed by atoms with Gasteiger partial charge in [-0.05, 0) is 66.2 Å². The molecule has 0 bridgehead atoms. The van der Waals surface area contributed by atoms with Crippen LogP contribution in [0.1, 0.15) is 62.0 Å². The smallest absolute Gasteiger partial charge is 0.407 e. The fraction of sp³-hybridized carbons (Fsp3) is 0.464. The monoisotopic (exact) mass is 476 g/mol. The summed E-state index contributed by atoms with van der Waals surface area (Å²) in [5, 5.41) is 14.9. The Morgan fingerprint density at radius 3 is 2.09 bits per heavy atom. The van der Waals surface area contributed by atoms with E-state index < -0.39 is 12.1 Å². The zero-order chi connectivity index (χ0) is 24.4. The van der Waals surface area contributed by atoms with Crippen molar-refractivity contribution in [2.24, 2.45) is 11.8 Å². The molecule has 0 radical (unpaired) electrons. The lowest BCUT2D eigenvalue weighted by Crippen LogP contribution is -2.45. The molecular weight excluding hydrogens is 444 g/mol. The predicted molar refractivity (Wildman–Crippen MR) is 131 cm³/mol. The fourth-order valence-electron chi connectivity index (χ4n) is 6.01. The predicted octanol–water partition coefficient (Wildman–Crippen LogP) is 4.45. The second-order valence-corrected chi connectivity index (χ2v) is 10.2. The number of carboxylic acids is 1. The van der Waals surface area contributed by atoms with Crippen LogP contribution in [0, 0.1) is 11.8 Å². The molecular formula is C28H32N2O5. The maximum absolute atomic E-state index is 12.6. The lowest BCUT2D eigenvalue weighted by molar-refractivity contribution is -0.139. The van der Waals surface area contributed by atoms with Crippen molar-refractivity contribution in [2.45, 2.75) is 62.9 Å². The van der Waals surface area contributed by atoms with Crippen molar-refractivity contribution in [1.82, 2.24) is 10.6 Å². The molecule has 0 spiro atoms. The summed E-state index contributed by atoms with van der Waals surface area (Å²) < 4.78 is 5.66. The van der Waals surface area contributed by atoms with Crippen molar-refractivity contribution in [3.05, 3.63) is 59.7 Å². The molecule has 2 aromatic carbocycles. The van der Waals surface area contributed by atoms with Gasteiger partial charge in [0.05, 0.1) is 0 Å². The Balaban J connectivity index is 1.05. The molecule has 5 rings (SSSR count). The number of ether oxygens (including phenoxy) is 1. The van der Waals surface area contributed by atoms with Crippen LogP contribution < -0.4 is 10.6 Å². The number of benzene rings is 2. The van der Waals surface area contributed by atoms with E-state index in [1.54, 1.807) is 0 Å². The van der Waals surface area contributed by atoms with E-state index in [0.29, 0.717) is 13.0 Å². The zero-order valence-corrected chi connectivity index (χ0v) is 19.7. The van der Waals surface area contributed by atoms with Gasteiger partial charge in [0, 0.05) is 30.8 Å². The van der Waals surface area contributed by atoms with Gasteiger partial charge in [-0.15, -0.1) is 0 Å². The molecule has 3 aliphatic rings. The Labute approximate surface area is 205 Å². The van der Waals surface area contributed by atoms with E-state index in [1.807, 2.05) is 24.3 Å². The standard InChI is InChI=1S/C28H32N2O5/c31-26(29-20-12-18(13-20)15-27(32)33)14-17-9-10-19(11-17)30-28(34)35-16-25-23-7-3-1-5-21(23)22-6-2-4-8-24(22)25/h1-8,17-20,25H,9-16H2,(H,29,31)(H,30,34)(H,32,33)/t17-,18?,19+,20?/m1/s1. The van der Waals surface area contributed by atoms with Crippen molar-refractivity contribution in [3.63, 3.8) is 0 Å². The Bertz CT molecular complexity index is 1060. The van der Waals surface area contributed by atoms with Crippen LogP contribution in [0.25, 0.3) is 11.1 Å². The third kappa shape index (κ3) is 5.34. The minimum absolute atomic E-state index is 0.0205. The van der Waals surface area contributed by atoms with Gasteiger partial charge >= 0.3 is 12.1 Å². The van der Waals surface area contributed by atoms with Gasteiger partial charge < -0.3 is 20.5 Å². The number of rotatable bonds is 8. The minimum atomic E-state index is -0.777. The summed E-state index contributed by atoms with van der Waals surface area (Å²) in [6, 6.07) is 16.7. The van der Waals surface area contributed by atoms with Crippen LogP contribution in [0.3, 0.4) is 0 Å². The van der Waals surface area contributed by atoms with E-state index in [2.05, 4.69) is 34.9 Å². The molecule has 0 aromatic heterocycles. The van der Waals surface area contributed by atoms with Crippen LogP contribution in [0.4, 0.5) is 4.79 Å². The number of hydrogen-bond acceptors (Lipinski definition) is 4. The van der Waals surface area contributed by atoms with Crippen LogP contribution in [0.2, 0.25) is 0 Å². The van der Waals surface area contributed by atoms with E-state index in [-0.39, 0.29) is 42.2 Å². The Morgan fingerprint density at radius 1 is 0.800 bits per heavy atom. The number of nitrogens with one attached hydrogen (secondary N) is 2. The van der Waals surface area contributed by atoms with Crippen LogP contribution in [-0.4, -0.2) is 41.8 Å². The van der Waals surface area contributed by atoms with Crippen LogP contribution >= 0.6 is 0 Å². The first kappa shape index (κ1) is 23.4. The van der Waals surface area contributed by atoms with Gasteiger partial charge in [0.15, 0.2) is 0 Å². The number of fused-ring (bicyclic) bond motifs is 3. The summed E-state index contributed by atoms with van der Waals surface area (Å²) in [5.74, 6) is -0.301. The summed E-state index contributed by atoms with van der Waals surface area (Å²) in [6.07, 6.45) is 4.22. The number of carbonyl (C=O) groups excluding carboxylic acids is 2. The molecule has 0 saturated heterocycles. The number of carboxylic acid groups (broad SMARTS) is 1. The van der Waals surface area contributed by atoms with Gasteiger partial charge in [0.1, 0.15) is 6.61 Å². The zero-order valence-electron chi connectivity index (χ0n) is 19.7. The maximum atomic E-state index is 12.6. The summed E-state index contributed by atoms with van der Waals surface area (Å²) in [6.45, 7) is 0.294. The third-order valence-electron chi connectivity index (χ3n) is 7.75. The average Bonchev–Trinajstić information content (AvgIpc) is 3.37. The SMILES string of the molecule is O=C(O)CC1CC(NC(=O)C[C@@H]2CC[C@H](NC(=O)OCC3c4ccccc4-c4ccccc43)C2)C1. The largest absolute Gasteiger partial charge is 0.481 e. The summed E-state index contributed by atoms with van der Waals surface area (Å²) in [4.78, 5) is 35.7. The van der Waals surface area contributed by atoms with Crippen LogP contribution in [0.5, 0.6) is 0 Å². The highest BCUT2D eigenvalue weighted by atomic mass is 16.5. The second kappa shape index (κ2) is 10.1. The normalized spacial score (nSPS) is 24.7. The van der Waals surface area contributed by atoms with Crippen molar-refractivity contribution < 1.29 is 24.2 Å². The van der Waals surface area contributed by atoms with Crippen molar-refractivity contribution in [1.29, 1.82) is 0 Å². The van der Waals surface area contributed by atoms with Gasteiger partial charge in [-0.1, -0.05) is 48.5 Å². The van der Waals surface area contributed by atoms with Gasteiger partial charge in [-0.25, -0.2) is 4.79 Å². The highest BCUT2D eigenvalue weighted by Crippen LogP contribution is 2.44. The van der Waals surface area contributed by atoms with Crippen LogP contribution in [0.15, 0.2) is 48.5 Å². The van der Waals surface area contributed by atoms with E-state index in [4.69, 9.17) is 9.84 Å². The highest BCUT2D eigenvalue weighted by Gasteiger charge is 2.34. The molecule has 2 amide bonds. The molecule has 0 heterocycles. The topological polar surface area (TPSA) is 105 Å². The van der Waals surface area contributed by atoms with Gasteiger partial charge in [-0.2, -0.15) is 0 Å². The number of aliphatic carboxylic acids is 1. The van der Waals surface area contributed by atoms with E-state index in [1.165, 1.54) is 22.3 Å². The molecule has 184 valence electrons. The quantitative estimate of drug-likeness (QED) is 0.522. The van der Waals surface area contributed by atoms with Crippen LogP contribution in [-0.2, 0) is 14.3 Å². The highest BCUT2D eigenvalue weighted by molar-refractivity contribution is 5.79. The van der Waals surface area contributed by atoms with E-state index >= 15 is 0 Å². The Morgan fingerprint density at radius 2 is 1.43 bits per heavy atom. The molecule has 2 fully saturated rings. The summed E-state index contributed by atoms with van der Waals surface area (Å²) in [7, 11) is 0. The molecule has 35 heavy (non-hydrogen) atoms.